The minimum atomic E-state index is -3.42. The Kier molecular flexibility index (Phi) is 5.38. The normalized spacial score (nSPS) is 19.9. The second-order valence-electron chi connectivity index (χ2n) is 6.30. The number of likely N-dealkylation sites (tertiary alicyclic amines) is 1. The van der Waals surface area contributed by atoms with E-state index in [0.29, 0.717) is 19.4 Å². The monoisotopic (exact) mass is 320 g/mol. The first-order valence-electron chi connectivity index (χ1n) is 6.85. The topological polar surface area (TPSA) is 84.0 Å². The third-order valence-electron chi connectivity index (χ3n) is 3.18. The maximum atomic E-state index is 12.2. The molecule has 0 aromatic heterocycles. The number of carbonyl (C=O) groups excluding carboxylic acids is 2. The summed E-state index contributed by atoms with van der Waals surface area (Å²) < 4.78 is 29.0. The fourth-order valence-electron chi connectivity index (χ4n) is 2.08. The molecule has 0 unspecified atom stereocenters. The van der Waals surface area contributed by atoms with Gasteiger partial charge in [0.05, 0.1) is 12.8 Å². The van der Waals surface area contributed by atoms with Gasteiger partial charge in [-0.25, -0.2) is 13.2 Å². The van der Waals surface area contributed by atoms with Gasteiger partial charge in [0.15, 0.2) is 0 Å². The number of ether oxygens (including phenoxy) is 1. The van der Waals surface area contributed by atoms with Gasteiger partial charge in [0.2, 0.25) is 15.9 Å². The van der Waals surface area contributed by atoms with E-state index in [-0.39, 0.29) is 12.5 Å². The summed E-state index contributed by atoms with van der Waals surface area (Å²) in [7, 11) is -2.09. The van der Waals surface area contributed by atoms with E-state index >= 15 is 0 Å². The average Bonchev–Trinajstić information content (AvgIpc) is 2.73. The fourth-order valence-corrected chi connectivity index (χ4v) is 2.42. The van der Waals surface area contributed by atoms with Crippen LogP contribution in [0, 0.1) is 0 Å². The van der Waals surface area contributed by atoms with Gasteiger partial charge >= 0.3 is 5.97 Å². The van der Waals surface area contributed by atoms with Crippen LogP contribution in [0.4, 0.5) is 0 Å². The lowest BCUT2D eigenvalue weighted by Gasteiger charge is -2.28. The third kappa shape index (κ3) is 5.28. The lowest BCUT2D eigenvalue weighted by molar-refractivity contribution is -0.163. The molecule has 1 heterocycles. The van der Waals surface area contributed by atoms with E-state index < -0.39 is 27.6 Å². The number of hydrogen-bond acceptors (Lipinski definition) is 5. The van der Waals surface area contributed by atoms with E-state index in [9.17, 15) is 18.0 Å². The molecule has 1 aliphatic rings. The van der Waals surface area contributed by atoms with Crippen LogP contribution in [0.3, 0.4) is 0 Å². The first-order valence-corrected chi connectivity index (χ1v) is 8.70. The Morgan fingerprint density at radius 1 is 1.33 bits per heavy atom. The van der Waals surface area contributed by atoms with Gasteiger partial charge in [0.1, 0.15) is 11.6 Å². The van der Waals surface area contributed by atoms with Crippen LogP contribution >= 0.6 is 0 Å². The Hall–Kier alpha value is -1.15. The van der Waals surface area contributed by atoms with E-state index in [4.69, 9.17) is 4.74 Å². The van der Waals surface area contributed by atoms with Gasteiger partial charge in [0.25, 0.3) is 0 Å². The van der Waals surface area contributed by atoms with Crippen molar-refractivity contribution >= 4 is 21.9 Å². The Balaban J connectivity index is 2.73. The second-order valence-corrected chi connectivity index (χ2v) is 8.39. The highest BCUT2D eigenvalue weighted by Gasteiger charge is 2.37. The second kappa shape index (κ2) is 6.31. The zero-order valence-corrected chi connectivity index (χ0v) is 14.1. The van der Waals surface area contributed by atoms with E-state index in [1.165, 1.54) is 11.9 Å². The maximum Gasteiger partial charge on any atom is 0.329 e. The molecule has 1 amide bonds. The van der Waals surface area contributed by atoms with Crippen molar-refractivity contribution in [2.75, 3.05) is 26.4 Å². The molecule has 1 aliphatic heterocycles. The highest BCUT2D eigenvalue weighted by Crippen LogP contribution is 2.21. The van der Waals surface area contributed by atoms with Crippen molar-refractivity contribution in [2.24, 2.45) is 0 Å². The van der Waals surface area contributed by atoms with Crippen LogP contribution < -0.4 is 0 Å². The smallest absolute Gasteiger partial charge is 0.329 e. The van der Waals surface area contributed by atoms with Crippen molar-refractivity contribution in [1.82, 2.24) is 9.21 Å². The first kappa shape index (κ1) is 17.9. The lowest BCUT2D eigenvalue weighted by atomic mass is 10.1. The Morgan fingerprint density at radius 2 is 1.90 bits per heavy atom. The van der Waals surface area contributed by atoms with E-state index in [0.717, 1.165) is 10.6 Å². The molecule has 0 saturated carbocycles. The molecule has 0 bridgehead atoms. The molecule has 0 radical (unpaired) electrons. The van der Waals surface area contributed by atoms with Crippen LogP contribution in [0.2, 0.25) is 0 Å². The molecule has 1 atom stereocenters. The number of nitrogens with zero attached hydrogens (tertiary/aromatic N) is 2. The number of rotatable bonds is 4. The predicted molar refractivity (Wildman–Crippen MR) is 78.1 cm³/mol. The van der Waals surface area contributed by atoms with Gasteiger partial charge in [-0.05, 0) is 33.6 Å². The van der Waals surface area contributed by atoms with Gasteiger partial charge in [-0.3, -0.25) is 4.79 Å². The first-order chi connectivity index (χ1) is 9.42. The van der Waals surface area contributed by atoms with Crippen molar-refractivity contribution in [3.63, 3.8) is 0 Å². The zero-order chi connectivity index (χ0) is 16.4. The number of hydrogen-bond donors (Lipinski definition) is 0. The Morgan fingerprint density at radius 3 is 2.38 bits per heavy atom. The number of amides is 1. The molecule has 1 saturated heterocycles. The molecule has 0 N–H and O–H groups in total. The third-order valence-corrected chi connectivity index (χ3v) is 4.44. The fraction of sp³-hybridized carbons (Fsp3) is 0.846. The summed E-state index contributed by atoms with van der Waals surface area (Å²) >= 11 is 0. The van der Waals surface area contributed by atoms with Crippen molar-refractivity contribution in [1.29, 1.82) is 0 Å². The van der Waals surface area contributed by atoms with Gasteiger partial charge in [-0.1, -0.05) is 0 Å². The SMILES string of the molecule is CN(CC(=O)N1CCC[C@H]1C(=O)OC(C)(C)C)S(C)(=O)=O. The van der Waals surface area contributed by atoms with Crippen LogP contribution in [0.25, 0.3) is 0 Å². The summed E-state index contributed by atoms with van der Waals surface area (Å²) in [6.07, 6.45) is 2.29. The number of carbonyl (C=O) groups is 2. The lowest BCUT2D eigenvalue weighted by Crippen LogP contribution is -2.47. The molecule has 21 heavy (non-hydrogen) atoms. The summed E-state index contributed by atoms with van der Waals surface area (Å²) in [6.45, 7) is 5.48. The number of esters is 1. The van der Waals surface area contributed by atoms with Crippen LogP contribution in [-0.2, 0) is 24.3 Å². The molecule has 7 nitrogen and oxygen atoms in total. The standard InChI is InChI=1S/C13H24N2O5S/c1-13(2,3)20-12(17)10-7-6-8-15(10)11(16)9-14(4)21(5,18)19/h10H,6-9H2,1-5H3/t10-/m0/s1. The quantitative estimate of drug-likeness (QED) is 0.692. The molecule has 0 aromatic carbocycles. The van der Waals surface area contributed by atoms with Crippen molar-refractivity contribution in [2.45, 2.75) is 45.3 Å². The van der Waals surface area contributed by atoms with Crippen molar-refractivity contribution in [3.8, 4) is 0 Å². The van der Waals surface area contributed by atoms with Gasteiger partial charge in [-0.15, -0.1) is 0 Å². The zero-order valence-electron chi connectivity index (χ0n) is 13.2. The summed E-state index contributed by atoms with van der Waals surface area (Å²) in [5.41, 5.74) is -0.613. The number of sulfonamides is 1. The van der Waals surface area contributed by atoms with Crippen LogP contribution in [0.1, 0.15) is 33.6 Å². The minimum Gasteiger partial charge on any atom is -0.458 e. The summed E-state index contributed by atoms with van der Waals surface area (Å²) in [5.74, 6) is -0.813. The van der Waals surface area contributed by atoms with E-state index in [1.54, 1.807) is 20.8 Å². The molecule has 122 valence electrons. The van der Waals surface area contributed by atoms with Crippen LogP contribution in [0.5, 0.6) is 0 Å². The van der Waals surface area contributed by atoms with Crippen LogP contribution in [-0.4, -0.2) is 67.5 Å². The number of likely N-dealkylation sites (N-methyl/N-ethyl adjacent to an activating group) is 1. The highest BCUT2D eigenvalue weighted by atomic mass is 32.2. The summed E-state index contributed by atoms with van der Waals surface area (Å²) in [6, 6.07) is -0.621. The molecular formula is C13H24N2O5S. The molecule has 8 heteroatoms. The molecule has 0 aliphatic carbocycles. The summed E-state index contributed by atoms with van der Waals surface area (Å²) in [4.78, 5) is 25.7. The van der Waals surface area contributed by atoms with Gasteiger partial charge in [0, 0.05) is 13.6 Å². The predicted octanol–water partition coefficient (Wildman–Crippen LogP) is 0.211. The van der Waals surface area contributed by atoms with Crippen LogP contribution in [0.15, 0.2) is 0 Å². The maximum absolute atomic E-state index is 12.2. The largest absolute Gasteiger partial charge is 0.458 e. The van der Waals surface area contributed by atoms with Gasteiger partial charge in [-0.2, -0.15) is 4.31 Å². The molecule has 1 fully saturated rings. The van der Waals surface area contributed by atoms with Gasteiger partial charge < -0.3 is 9.64 Å². The average molecular weight is 320 g/mol. The van der Waals surface area contributed by atoms with E-state index in [2.05, 4.69) is 0 Å². The molecule has 1 rings (SSSR count). The minimum absolute atomic E-state index is 0.266. The van der Waals surface area contributed by atoms with Crippen molar-refractivity contribution < 1.29 is 22.7 Å². The van der Waals surface area contributed by atoms with Crippen molar-refractivity contribution in [3.05, 3.63) is 0 Å². The molecular weight excluding hydrogens is 296 g/mol. The van der Waals surface area contributed by atoms with E-state index in [1.807, 2.05) is 0 Å². The molecule has 0 spiro atoms. The summed E-state index contributed by atoms with van der Waals surface area (Å²) in [5, 5.41) is 0. The molecule has 0 aromatic rings. The Bertz CT molecular complexity index is 509. The highest BCUT2D eigenvalue weighted by molar-refractivity contribution is 7.88. The Labute approximate surface area is 126 Å².